The van der Waals surface area contributed by atoms with Crippen LogP contribution in [0.2, 0.25) is 0 Å². The van der Waals surface area contributed by atoms with E-state index in [0.717, 1.165) is 0 Å². The summed E-state index contributed by atoms with van der Waals surface area (Å²) >= 11 is 1.36. The van der Waals surface area contributed by atoms with Crippen LogP contribution in [0.25, 0.3) is 0 Å². The summed E-state index contributed by atoms with van der Waals surface area (Å²) in [6.45, 7) is -1.07. The van der Waals surface area contributed by atoms with Crippen molar-refractivity contribution in [2.45, 2.75) is 61.4 Å². The molecule has 2 saturated heterocycles. The quantitative estimate of drug-likeness (QED) is 0.109. The summed E-state index contributed by atoms with van der Waals surface area (Å²) in [5.74, 6) is -0.339. The highest BCUT2D eigenvalue weighted by molar-refractivity contribution is 8.01. The van der Waals surface area contributed by atoms with E-state index >= 15 is 0 Å². The molecule has 186 valence electrons. The largest absolute Gasteiger partial charge is 0.394 e. The molecule has 0 aromatic rings. The van der Waals surface area contributed by atoms with Crippen molar-refractivity contribution < 1.29 is 59.5 Å². The Morgan fingerprint density at radius 2 is 1.47 bits per heavy atom. The standard InChI is InChI=1S/C18H31NO12S/c1-32-5-2-10(21)19-3-4-28-17-15(26)14(25)12(23)9(31-17)7-29-18-16(27)13(24)11(22)8(6-20)30-18/h2,5,8-9,11-18,20,22-27H,3-4,6-7H2,1H3,(H,19,21). The van der Waals surface area contributed by atoms with Gasteiger partial charge in [0.1, 0.15) is 48.8 Å². The molecular weight excluding hydrogens is 454 g/mol. The third-order valence-corrected chi connectivity index (χ3v) is 5.39. The van der Waals surface area contributed by atoms with E-state index in [1.54, 1.807) is 11.7 Å². The van der Waals surface area contributed by atoms with E-state index in [4.69, 9.17) is 18.9 Å². The van der Waals surface area contributed by atoms with Gasteiger partial charge in [-0.25, -0.2) is 0 Å². The number of thioether (sulfide) groups is 1. The van der Waals surface area contributed by atoms with E-state index in [1.165, 1.54) is 17.8 Å². The lowest BCUT2D eigenvalue weighted by Gasteiger charge is -2.42. The molecule has 2 rings (SSSR count). The molecule has 2 aliphatic heterocycles. The minimum atomic E-state index is -1.65. The van der Waals surface area contributed by atoms with Crippen LogP contribution >= 0.6 is 11.8 Å². The Kier molecular flexibility index (Phi) is 11.2. The number of ether oxygens (including phenoxy) is 4. The number of aliphatic hydroxyl groups is 7. The molecule has 32 heavy (non-hydrogen) atoms. The zero-order valence-corrected chi connectivity index (χ0v) is 18.2. The molecule has 0 bridgehead atoms. The zero-order valence-electron chi connectivity index (χ0n) is 17.3. The molecule has 1 amide bonds. The Labute approximate surface area is 188 Å². The molecule has 0 spiro atoms. The lowest BCUT2D eigenvalue weighted by Crippen LogP contribution is -2.61. The van der Waals surface area contributed by atoms with Gasteiger partial charge < -0.3 is 60.0 Å². The Bertz CT molecular complexity index is 611. The van der Waals surface area contributed by atoms with Gasteiger partial charge in [0.25, 0.3) is 0 Å². The second kappa shape index (κ2) is 13.1. The van der Waals surface area contributed by atoms with E-state index in [0.29, 0.717) is 0 Å². The number of rotatable bonds is 10. The number of carbonyl (C=O) groups is 1. The normalized spacial score (nSPS) is 40.5. The van der Waals surface area contributed by atoms with E-state index in [1.807, 2.05) is 0 Å². The van der Waals surface area contributed by atoms with Gasteiger partial charge in [0.15, 0.2) is 12.6 Å². The molecule has 2 heterocycles. The van der Waals surface area contributed by atoms with Gasteiger partial charge in [0.05, 0.1) is 19.8 Å². The van der Waals surface area contributed by atoms with Crippen LogP contribution in [0.5, 0.6) is 0 Å². The summed E-state index contributed by atoms with van der Waals surface area (Å²) in [6.07, 6.45) is -11.7. The highest BCUT2D eigenvalue weighted by Crippen LogP contribution is 2.25. The SMILES string of the molecule is CSC=CC(=O)NCCOC1OC(COC2OC(CO)C(O)C(O)C2O)C(O)C(O)C1O. The van der Waals surface area contributed by atoms with Crippen LogP contribution in [-0.2, 0) is 23.7 Å². The van der Waals surface area contributed by atoms with Crippen LogP contribution in [0.1, 0.15) is 0 Å². The Morgan fingerprint density at radius 3 is 2.06 bits per heavy atom. The van der Waals surface area contributed by atoms with Crippen LogP contribution in [0.4, 0.5) is 0 Å². The third-order valence-electron chi connectivity index (χ3n) is 4.98. The number of hydrogen-bond donors (Lipinski definition) is 8. The summed E-state index contributed by atoms with van der Waals surface area (Å²) in [6, 6.07) is 0. The fourth-order valence-electron chi connectivity index (χ4n) is 3.12. The molecule has 10 unspecified atom stereocenters. The first-order valence-electron chi connectivity index (χ1n) is 9.91. The van der Waals surface area contributed by atoms with Crippen molar-refractivity contribution >= 4 is 17.7 Å². The van der Waals surface area contributed by atoms with Gasteiger partial charge in [-0.15, -0.1) is 11.8 Å². The second-order valence-electron chi connectivity index (χ2n) is 7.25. The van der Waals surface area contributed by atoms with Crippen molar-refractivity contribution in [2.75, 3.05) is 32.6 Å². The molecular formula is C18H31NO12S. The van der Waals surface area contributed by atoms with Gasteiger partial charge in [-0.2, -0.15) is 0 Å². The maximum absolute atomic E-state index is 11.5. The molecule has 0 aliphatic carbocycles. The van der Waals surface area contributed by atoms with Crippen molar-refractivity contribution in [1.82, 2.24) is 5.32 Å². The number of hydrogen-bond acceptors (Lipinski definition) is 13. The summed E-state index contributed by atoms with van der Waals surface area (Å²) in [5.41, 5.74) is 0. The van der Waals surface area contributed by atoms with Crippen molar-refractivity contribution in [3.63, 3.8) is 0 Å². The van der Waals surface area contributed by atoms with Crippen molar-refractivity contribution in [3.05, 3.63) is 11.5 Å². The fraction of sp³-hybridized carbons (Fsp3) is 0.833. The molecule has 2 fully saturated rings. The average Bonchev–Trinajstić information content (AvgIpc) is 2.79. The monoisotopic (exact) mass is 485 g/mol. The Balaban J connectivity index is 1.87. The van der Waals surface area contributed by atoms with Gasteiger partial charge in [-0.1, -0.05) is 0 Å². The second-order valence-corrected chi connectivity index (χ2v) is 7.99. The first-order chi connectivity index (χ1) is 15.2. The molecule has 0 aromatic carbocycles. The smallest absolute Gasteiger partial charge is 0.244 e. The predicted molar refractivity (Wildman–Crippen MR) is 108 cm³/mol. The van der Waals surface area contributed by atoms with Gasteiger partial charge >= 0.3 is 0 Å². The highest BCUT2D eigenvalue weighted by atomic mass is 32.2. The first-order valence-corrected chi connectivity index (χ1v) is 11.2. The molecule has 10 atom stereocenters. The summed E-state index contributed by atoms with van der Waals surface area (Å²) in [4.78, 5) is 11.5. The van der Waals surface area contributed by atoms with E-state index in [9.17, 15) is 40.5 Å². The topological polar surface area (TPSA) is 208 Å². The minimum Gasteiger partial charge on any atom is -0.394 e. The molecule has 0 radical (unpaired) electrons. The van der Waals surface area contributed by atoms with Crippen molar-refractivity contribution in [3.8, 4) is 0 Å². The maximum Gasteiger partial charge on any atom is 0.244 e. The molecule has 0 aromatic heterocycles. The lowest BCUT2D eigenvalue weighted by molar-refractivity contribution is -0.330. The average molecular weight is 486 g/mol. The highest BCUT2D eigenvalue weighted by Gasteiger charge is 2.47. The summed E-state index contributed by atoms with van der Waals surface area (Å²) in [7, 11) is 0. The van der Waals surface area contributed by atoms with Crippen LogP contribution in [0.3, 0.4) is 0 Å². The molecule has 0 saturated carbocycles. The zero-order chi connectivity index (χ0) is 23.8. The van der Waals surface area contributed by atoms with E-state index in [-0.39, 0.29) is 19.1 Å². The number of aliphatic hydroxyl groups excluding tert-OH is 7. The predicted octanol–water partition coefficient (Wildman–Crippen LogP) is -4.38. The van der Waals surface area contributed by atoms with Crippen molar-refractivity contribution in [2.24, 2.45) is 0 Å². The number of nitrogens with one attached hydrogen (secondary N) is 1. The Morgan fingerprint density at radius 1 is 0.906 bits per heavy atom. The van der Waals surface area contributed by atoms with Crippen LogP contribution < -0.4 is 5.32 Å². The number of amides is 1. The third kappa shape index (κ3) is 7.06. The number of carbonyl (C=O) groups excluding carboxylic acids is 1. The van der Waals surface area contributed by atoms with Crippen LogP contribution in [-0.4, -0.2) is 136 Å². The van der Waals surface area contributed by atoms with E-state index in [2.05, 4.69) is 5.32 Å². The fourth-order valence-corrected chi connectivity index (χ4v) is 3.38. The van der Waals surface area contributed by atoms with Gasteiger partial charge in [0, 0.05) is 12.6 Å². The minimum absolute atomic E-state index is 0.0658. The first kappa shape index (κ1) is 27.4. The van der Waals surface area contributed by atoms with E-state index < -0.39 is 74.6 Å². The molecule has 14 heteroatoms. The molecule has 2 aliphatic rings. The van der Waals surface area contributed by atoms with Crippen LogP contribution in [0, 0.1) is 0 Å². The lowest BCUT2D eigenvalue weighted by atomic mass is 9.98. The Hall–Kier alpha value is -0.880. The summed E-state index contributed by atoms with van der Waals surface area (Å²) < 4.78 is 21.3. The van der Waals surface area contributed by atoms with Gasteiger partial charge in [-0.3, -0.25) is 4.79 Å². The molecule has 8 N–H and O–H groups in total. The maximum atomic E-state index is 11.5. The van der Waals surface area contributed by atoms with Gasteiger partial charge in [0.2, 0.25) is 5.91 Å². The van der Waals surface area contributed by atoms with Gasteiger partial charge in [-0.05, 0) is 11.7 Å². The van der Waals surface area contributed by atoms with Crippen molar-refractivity contribution in [1.29, 1.82) is 0 Å². The van der Waals surface area contributed by atoms with Crippen LogP contribution in [0.15, 0.2) is 11.5 Å². The summed E-state index contributed by atoms with van der Waals surface area (Å²) in [5, 5.41) is 73.3. The molecule has 13 nitrogen and oxygen atoms in total.